The first-order valence-corrected chi connectivity index (χ1v) is 16.9. The smallest absolute Gasteiger partial charge is 0.229 e. The van der Waals surface area contributed by atoms with E-state index < -0.39 is 130 Å². The van der Waals surface area contributed by atoms with Crippen molar-refractivity contribution in [2.45, 2.75) is 111 Å². The minimum absolute atomic E-state index is 0.0548. The van der Waals surface area contributed by atoms with Crippen LogP contribution in [0.15, 0.2) is 30.3 Å². The summed E-state index contributed by atoms with van der Waals surface area (Å²) in [5, 5.41) is 145. The van der Waals surface area contributed by atoms with Crippen molar-refractivity contribution in [1.82, 2.24) is 0 Å². The highest BCUT2D eigenvalue weighted by molar-refractivity contribution is 5.52. The largest absolute Gasteiger partial charge is 0.508 e. The van der Waals surface area contributed by atoms with E-state index in [-0.39, 0.29) is 40.5 Å². The number of aliphatic hydroxyl groups excluding tert-OH is 11. The van der Waals surface area contributed by atoms with Crippen molar-refractivity contribution in [2.24, 2.45) is 0 Å². The first kappa shape index (κ1) is 40.5. The molecule has 0 bridgehead atoms. The molecular weight excluding hydrogens is 732 g/mol. The van der Waals surface area contributed by atoms with E-state index in [0.29, 0.717) is 0 Å². The van der Waals surface area contributed by atoms with E-state index in [1.54, 1.807) is 0 Å². The molecule has 4 aliphatic heterocycles. The zero-order valence-corrected chi connectivity index (χ0v) is 28.1. The van der Waals surface area contributed by atoms with Crippen molar-refractivity contribution in [3.63, 3.8) is 0 Å². The molecule has 6 rings (SSSR count). The molecule has 0 saturated carbocycles. The Balaban J connectivity index is 1.13. The molecule has 0 amide bonds. The predicted molar refractivity (Wildman–Crippen MR) is 171 cm³/mol. The first-order valence-electron chi connectivity index (χ1n) is 16.9. The van der Waals surface area contributed by atoms with Gasteiger partial charge in [-0.1, -0.05) is 6.07 Å². The minimum atomic E-state index is -2.02. The van der Waals surface area contributed by atoms with Crippen LogP contribution in [0.1, 0.15) is 17.2 Å². The van der Waals surface area contributed by atoms with E-state index in [1.807, 2.05) is 0 Å². The highest BCUT2D eigenvalue weighted by Gasteiger charge is 2.54. The normalized spacial score (nSPS) is 41.1. The molecule has 2 aromatic rings. The van der Waals surface area contributed by atoms with Gasteiger partial charge in [-0.3, -0.25) is 0 Å². The van der Waals surface area contributed by atoms with E-state index in [2.05, 4.69) is 0 Å². The average Bonchev–Trinajstić information content (AvgIpc) is 3.15. The third-order valence-electron chi connectivity index (χ3n) is 9.81. The number of rotatable bonds is 10. The second-order valence-corrected chi connectivity index (χ2v) is 13.4. The van der Waals surface area contributed by atoms with Crippen molar-refractivity contribution in [3.05, 3.63) is 41.5 Å². The number of aliphatic hydroxyl groups is 11. The number of aromatic hydroxyl groups is 3. The summed E-state index contributed by atoms with van der Waals surface area (Å²) in [5.74, 6) is -1.24. The third kappa shape index (κ3) is 7.77. The molecule has 14 N–H and O–H groups in total. The number of fused-ring (bicyclic) bond motifs is 1. The zero-order valence-electron chi connectivity index (χ0n) is 28.1. The van der Waals surface area contributed by atoms with Gasteiger partial charge in [-0.15, -0.1) is 0 Å². The Labute approximate surface area is 305 Å². The lowest BCUT2D eigenvalue weighted by molar-refractivity contribution is -0.376. The zero-order chi connectivity index (χ0) is 39.2. The molecule has 54 heavy (non-hydrogen) atoms. The van der Waals surface area contributed by atoms with Crippen molar-refractivity contribution >= 4 is 0 Å². The van der Waals surface area contributed by atoms with Gasteiger partial charge in [-0.05, 0) is 17.7 Å². The molecule has 17 atom stereocenters. The van der Waals surface area contributed by atoms with Gasteiger partial charge in [0, 0.05) is 24.1 Å². The van der Waals surface area contributed by atoms with Gasteiger partial charge in [-0.2, -0.15) is 0 Å². The maximum absolute atomic E-state index is 11.1. The molecule has 0 aliphatic carbocycles. The molecule has 302 valence electrons. The quantitative estimate of drug-likeness (QED) is 0.107. The fraction of sp³-hybridized carbons (Fsp3) is 0.636. The molecule has 0 spiro atoms. The topological polar surface area (TPSA) is 348 Å². The van der Waals surface area contributed by atoms with Crippen molar-refractivity contribution in [2.75, 3.05) is 19.8 Å². The van der Waals surface area contributed by atoms with E-state index in [9.17, 15) is 71.5 Å². The lowest BCUT2D eigenvalue weighted by Gasteiger charge is -2.48. The van der Waals surface area contributed by atoms with Crippen LogP contribution < -0.4 is 9.47 Å². The summed E-state index contributed by atoms with van der Waals surface area (Å²) >= 11 is 0. The lowest BCUT2D eigenvalue weighted by Crippen LogP contribution is -2.66. The molecule has 0 unspecified atom stereocenters. The van der Waals surface area contributed by atoms with Crippen molar-refractivity contribution < 1.29 is 105 Å². The highest BCUT2D eigenvalue weighted by atomic mass is 16.8. The van der Waals surface area contributed by atoms with Crippen molar-refractivity contribution in [3.8, 4) is 28.7 Å². The molecule has 21 nitrogen and oxygen atoms in total. The number of ether oxygens (including phenoxy) is 7. The summed E-state index contributed by atoms with van der Waals surface area (Å²) in [6.45, 7) is -2.55. The molecule has 0 aromatic heterocycles. The molecule has 0 radical (unpaired) electrons. The second kappa shape index (κ2) is 16.5. The fourth-order valence-electron chi connectivity index (χ4n) is 6.82. The Morgan fingerprint density at radius 1 is 0.574 bits per heavy atom. The number of hydrogen-bond donors (Lipinski definition) is 14. The predicted octanol–water partition coefficient (Wildman–Crippen LogP) is -5.33. The molecular formula is C33H44O21. The summed E-state index contributed by atoms with van der Waals surface area (Å²) in [7, 11) is 0. The summed E-state index contributed by atoms with van der Waals surface area (Å²) in [4.78, 5) is 0. The van der Waals surface area contributed by atoms with Crippen LogP contribution in [0.25, 0.3) is 0 Å². The minimum Gasteiger partial charge on any atom is -0.508 e. The van der Waals surface area contributed by atoms with Crippen LogP contribution in [0.3, 0.4) is 0 Å². The Bertz CT molecular complexity index is 1570. The van der Waals surface area contributed by atoms with Gasteiger partial charge in [0.1, 0.15) is 96.6 Å². The van der Waals surface area contributed by atoms with Crippen molar-refractivity contribution in [1.29, 1.82) is 0 Å². The summed E-state index contributed by atoms with van der Waals surface area (Å²) in [6, 6.07) is 6.20. The number of phenols is 3. The van der Waals surface area contributed by atoms with Crippen LogP contribution in [0, 0.1) is 0 Å². The van der Waals surface area contributed by atoms with E-state index >= 15 is 0 Å². The van der Waals surface area contributed by atoms with E-state index in [4.69, 9.17) is 33.2 Å². The molecule has 3 saturated heterocycles. The van der Waals surface area contributed by atoms with Gasteiger partial charge in [0.2, 0.25) is 6.29 Å². The summed E-state index contributed by atoms with van der Waals surface area (Å²) < 4.78 is 39.2. The summed E-state index contributed by atoms with van der Waals surface area (Å²) in [5.41, 5.74) is 0.518. The van der Waals surface area contributed by atoms with Crippen LogP contribution in [0.2, 0.25) is 0 Å². The maximum atomic E-state index is 11.1. The number of benzene rings is 2. The molecule has 4 aliphatic rings. The standard InChI is InChI=1S/C33H44O21/c34-7-18-21(41)22(42)25(45)32(50-18)53-30-20(9-36)52-33(27(47)24(30)44)54-29-19(8-35)51-31(26(46)23(29)43)49-17-3-10(1-2-13(17)38)28-15(40)6-12-14(39)4-11(37)5-16(12)48-28/h1-5,15,18-47H,6-9H2/t15-,18+,19+,20+,21+,22-,23+,24+,25+,26+,27+,28+,29+,30+,31-,32+,33+/m0/s1. The number of phenolic OH excluding ortho intramolecular Hbond substituents is 3. The van der Waals surface area contributed by atoms with Crippen LogP contribution in [-0.2, 0) is 30.1 Å². The van der Waals surface area contributed by atoms with E-state index in [1.165, 1.54) is 24.3 Å². The first-order chi connectivity index (χ1) is 25.7. The molecule has 3 fully saturated rings. The molecule has 21 heteroatoms. The van der Waals surface area contributed by atoms with Gasteiger partial charge < -0.3 is 105 Å². The van der Waals surface area contributed by atoms with E-state index in [0.717, 1.165) is 6.07 Å². The Kier molecular flexibility index (Phi) is 12.4. The highest BCUT2D eigenvalue weighted by Crippen LogP contribution is 2.43. The van der Waals surface area contributed by atoms with Crippen LogP contribution in [0.4, 0.5) is 0 Å². The monoisotopic (exact) mass is 776 g/mol. The molecule has 2 aromatic carbocycles. The van der Waals surface area contributed by atoms with Gasteiger partial charge in [0.15, 0.2) is 24.1 Å². The van der Waals surface area contributed by atoms with Crippen LogP contribution in [0.5, 0.6) is 28.7 Å². The van der Waals surface area contributed by atoms with Crippen LogP contribution in [-0.4, -0.2) is 190 Å². The SMILES string of the molecule is OC[C@H]1O[C@H](O[C@H]2[C@H](O)[C@@H](O)[C@@H](O[C@H]3[C@H](O)[C@@H](O)[C@@H](Oc4cc([C@H]5Oc6cc(O)cc(O)c6C[C@@H]5O)ccc4O)O[C@@H]3CO)O[C@@H]2CO)[C@H](O)[C@@H](O)[C@@H]1O. The molecule has 4 heterocycles. The summed E-state index contributed by atoms with van der Waals surface area (Å²) in [6.07, 6.45) is -28.8. The van der Waals surface area contributed by atoms with Crippen LogP contribution >= 0.6 is 0 Å². The third-order valence-corrected chi connectivity index (χ3v) is 9.81. The Morgan fingerprint density at radius 2 is 1.11 bits per heavy atom. The Hall–Kier alpha value is -3.20. The fourth-order valence-corrected chi connectivity index (χ4v) is 6.82. The van der Waals surface area contributed by atoms with Gasteiger partial charge in [-0.25, -0.2) is 0 Å². The average molecular weight is 777 g/mol. The van der Waals surface area contributed by atoms with Gasteiger partial charge in [0.05, 0.1) is 25.9 Å². The van der Waals surface area contributed by atoms with Gasteiger partial charge >= 0.3 is 0 Å². The maximum Gasteiger partial charge on any atom is 0.229 e. The second-order valence-electron chi connectivity index (χ2n) is 13.4. The lowest BCUT2D eigenvalue weighted by atomic mass is 9.94. The van der Waals surface area contributed by atoms with Gasteiger partial charge in [0.25, 0.3) is 0 Å². The Morgan fingerprint density at radius 3 is 1.70 bits per heavy atom. The number of hydrogen-bond acceptors (Lipinski definition) is 21.